The summed E-state index contributed by atoms with van der Waals surface area (Å²) in [6.07, 6.45) is 5.87. The first-order valence-corrected chi connectivity index (χ1v) is 8.99. The van der Waals surface area contributed by atoms with Crippen LogP contribution in [-0.2, 0) is 19.4 Å². The lowest BCUT2D eigenvalue weighted by molar-refractivity contribution is 0.0819. The Morgan fingerprint density at radius 3 is 2.70 bits per heavy atom. The van der Waals surface area contributed by atoms with E-state index in [2.05, 4.69) is 23.8 Å². The first-order chi connectivity index (χ1) is 11.0. The summed E-state index contributed by atoms with van der Waals surface area (Å²) in [6, 6.07) is 0.494. The van der Waals surface area contributed by atoms with Gasteiger partial charge in [0.05, 0.1) is 0 Å². The Balaban J connectivity index is 1.82. The summed E-state index contributed by atoms with van der Waals surface area (Å²) in [6.45, 7) is 6.43. The van der Waals surface area contributed by atoms with Crippen molar-refractivity contribution in [3.05, 3.63) is 17.0 Å². The number of rotatable bonds is 6. The van der Waals surface area contributed by atoms with E-state index in [0.717, 1.165) is 38.3 Å². The average Bonchev–Trinajstić information content (AvgIpc) is 3.26. The molecule has 1 fully saturated rings. The van der Waals surface area contributed by atoms with E-state index in [1.807, 2.05) is 14.1 Å². The van der Waals surface area contributed by atoms with E-state index in [9.17, 15) is 4.79 Å². The zero-order chi connectivity index (χ0) is 16.6. The smallest absolute Gasteiger partial charge is 0.274 e. The summed E-state index contributed by atoms with van der Waals surface area (Å²) in [4.78, 5) is 14.2. The van der Waals surface area contributed by atoms with E-state index in [0.29, 0.717) is 17.7 Å². The van der Waals surface area contributed by atoms with Gasteiger partial charge in [0.2, 0.25) is 0 Å². The number of carbonyl (C=O) groups is 1. The van der Waals surface area contributed by atoms with Gasteiger partial charge in [-0.25, -0.2) is 0 Å². The second kappa shape index (κ2) is 6.63. The average molecular weight is 318 g/mol. The number of carbonyl (C=O) groups excluding carboxylic acids is 1. The van der Waals surface area contributed by atoms with Gasteiger partial charge in [-0.1, -0.05) is 13.8 Å². The third-order valence-corrected chi connectivity index (χ3v) is 4.89. The second-order valence-corrected chi connectivity index (χ2v) is 7.84. The molecule has 1 aromatic rings. The normalized spacial score (nSPS) is 20.7. The van der Waals surface area contributed by atoms with Crippen LogP contribution in [0.15, 0.2) is 0 Å². The van der Waals surface area contributed by atoms with Gasteiger partial charge in [0.25, 0.3) is 5.91 Å². The van der Waals surface area contributed by atoms with Crippen LogP contribution >= 0.6 is 0 Å². The first kappa shape index (κ1) is 16.5. The van der Waals surface area contributed by atoms with Gasteiger partial charge >= 0.3 is 0 Å². The maximum atomic E-state index is 12.5. The molecule has 1 N–H and O–H groups in total. The summed E-state index contributed by atoms with van der Waals surface area (Å²) < 4.78 is 2.09. The van der Waals surface area contributed by atoms with E-state index >= 15 is 0 Å². The molecule has 2 aliphatic rings. The molecule has 1 amide bonds. The third-order valence-electron chi connectivity index (χ3n) is 4.89. The molecule has 3 rings (SSSR count). The molecule has 5 heteroatoms. The van der Waals surface area contributed by atoms with Crippen LogP contribution in [0.3, 0.4) is 0 Å². The molecule has 0 aliphatic heterocycles. The topological polar surface area (TPSA) is 50.2 Å². The largest absolute Gasteiger partial charge is 0.343 e. The highest BCUT2D eigenvalue weighted by molar-refractivity contribution is 5.93. The maximum absolute atomic E-state index is 12.5. The summed E-state index contributed by atoms with van der Waals surface area (Å²) >= 11 is 0. The van der Waals surface area contributed by atoms with Crippen molar-refractivity contribution in [3.63, 3.8) is 0 Å². The zero-order valence-electron chi connectivity index (χ0n) is 14.9. The van der Waals surface area contributed by atoms with Gasteiger partial charge in [0.1, 0.15) is 0 Å². The second-order valence-electron chi connectivity index (χ2n) is 7.84. The van der Waals surface area contributed by atoms with Crippen LogP contribution in [0.5, 0.6) is 0 Å². The molecule has 0 spiro atoms. The summed E-state index contributed by atoms with van der Waals surface area (Å²) in [7, 11) is 3.61. The van der Waals surface area contributed by atoms with Crippen molar-refractivity contribution < 1.29 is 4.79 Å². The van der Waals surface area contributed by atoms with E-state index < -0.39 is 0 Å². The Labute approximate surface area is 139 Å². The van der Waals surface area contributed by atoms with Gasteiger partial charge in [-0.2, -0.15) is 5.10 Å². The molecule has 2 aliphatic carbocycles. The van der Waals surface area contributed by atoms with Crippen molar-refractivity contribution in [2.24, 2.45) is 11.8 Å². The van der Waals surface area contributed by atoms with Crippen molar-refractivity contribution in [2.75, 3.05) is 20.6 Å². The Morgan fingerprint density at radius 1 is 1.35 bits per heavy atom. The predicted octanol–water partition coefficient (Wildman–Crippen LogP) is 2.10. The summed E-state index contributed by atoms with van der Waals surface area (Å²) in [5.41, 5.74) is 3.14. The molecule has 1 heterocycles. The first-order valence-electron chi connectivity index (χ1n) is 8.99. The fourth-order valence-electron chi connectivity index (χ4n) is 3.40. The van der Waals surface area contributed by atoms with Crippen LogP contribution in [0.4, 0.5) is 0 Å². The molecule has 0 saturated heterocycles. The molecule has 23 heavy (non-hydrogen) atoms. The van der Waals surface area contributed by atoms with Crippen molar-refractivity contribution in [3.8, 4) is 0 Å². The van der Waals surface area contributed by atoms with E-state index in [-0.39, 0.29) is 5.91 Å². The predicted molar refractivity (Wildman–Crippen MR) is 91.6 cm³/mol. The van der Waals surface area contributed by atoms with Gasteiger partial charge in [0, 0.05) is 37.9 Å². The highest BCUT2D eigenvalue weighted by Gasteiger charge is 2.30. The van der Waals surface area contributed by atoms with Gasteiger partial charge in [-0.3, -0.25) is 9.48 Å². The minimum Gasteiger partial charge on any atom is -0.343 e. The quantitative estimate of drug-likeness (QED) is 0.874. The molecule has 0 bridgehead atoms. The fourth-order valence-corrected chi connectivity index (χ4v) is 3.40. The highest BCUT2D eigenvalue weighted by atomic mass is 16.2. The number of hydrogen-bond acceptors (Lipinski definition) is 3. The molecule has 1 atom stereocenters. The molecular weight excluding hydrogens is 288 g/mol. The number of amides is 1. The molecule has 128 valence electrons. The molecular formula is C18H30N4O. The molecule has 1 saturated carbocycles. The van der Waals surface area contributed by atoms with E-state index in [1.54, 1.807) is 4.90 Å². The summed E-state index contributed by atoms with van der Waals surface area (Å²) in [5.74, 6) is 1.46. The van der Waals surface area contributed by atoms with Gasteiger partial charge in [0.15, 0.2) is 5.69 Å². The van der Waals surface area contributed by atoms with Gasteiger partial charge in [-0.15, -0.1) is 0 Å². The van der Waals surface area contributed by atoms with Crippen LogP contribution in [0, 0.1) is 11.8 Å². The van der Waals surface area contributed by atoms with Crippen LogP contribution in [0.2, 0.25) is 0 Å². The minimum atomic E-state index is 0.0339. The molecule has 0 aromatic carbocycles. The highest BCUT2D eigenvalue weighted by Crippen LogP contribution is 2.30. The van der Waals surface area contributed by atoms with Gasteiger partial charge < -0.3 is 10.2 Å². The fraction of sp³-hybridized carbons (Fsp3) is 0.778. The van der Waals surface area contributed by atoms with Crippen molar-refractivity contribution in [2.45, 2.75) is 58.5 Å². The Hall–Kier alpha value is -1.36. The van der Waals surface area contributed by atoms with Gasteiger partial charge in [-0.05, 0) is 50.5 Å². The number of hydrogen-bond donors (Lipinski definition) is 1. The van der Waals surface area contributed by atoms with Crippen LogP contribution in [0.25, 0.3) is 0 Å². The van der Waals surface area contributed by atoms with E-state index in [4.69, 9.17) is 5.10 Å². The monoisotopic (exact) mass is 318 g/mol. The number of nitrogens with one attached hydrogen (secondary N) is 1. The Bertz CT molecular complexity index is 572. The minimum absolute atomic E-state index is 0.0339. The Kier molecular flexibility index (Phi) is 4.76. The van der Waals surface area contributed by atoms with Crippen molar-refractivity contribution >= 4 is 5.91 Å². The van der Waals surface area contributed by atoms with Crippen molar-refractivity contribution in [1.82, 2.24) is 20.0 Å². The lowest BCUT2D eigenvalue weighted by Gasteiger charge is -2.25. The lowest BCUT2D eigenvalue weighted by atomic mass is 9.91. The number of nitrogens with zero attached hydrogens (tertiary/aromatic N) is 3. The van der Waals surface area contributed by atoms with E-state index in [1.165, 1.54) is 24.1 Å². The zero-order valence-corrected chi connectivity index (χ0v) is 14.9. The standard InChI is InChI=1S/C18H30N4O/c1-12(2)11-22-16-8-7-14(19-10-13-5-6-13)9-15(16)17(20-22)18(23)21(3)4/h12-14,19H,5-11H2,1-4H3. The van der Waals surface area contributed by atoms with Crippen LogP contribution < -0.4 is 5.32 Å². The molecule has 5 nitrogen and oxygen atoms in total. The van der Waals surface area contributed by atoms with Crippen LogP contribution in [0.1, 0.15) is 54.9 Å². The Morgan fingerprint density at radius 2 is 2.09 bits per heavy atom. The van der Waals surface area contributed by atoms with Crippen LogP contribution in [-0.4, -0.2) is 47.3 Å². The molecule has 1 unspecified atom stereocenters. The lowest BCUT2D eigenvalue weighted by Crippen LogP contribution is -2.36. The number of fused-ring (bicyclic) bond motifs is 1. The van der Waals surface area contributed by atoms with Crippen molar-refractivity contribution in [1.29, 1.82) is 0 Å². The SMILES string of the molecule is CC(C)Cn1nc(C(=O)N(C)C)c2c1CCC(NCC1CC1)C2. The molecule has 1 aromatic heterocycles. The number of aromatic nitrogens is 2. The third kappa shape index (κ3) is 3.77. The summed E-state index contributed by atoms with van der Waals surface area (Å²) in [5, 5.41) is 8.40. The molecule has 0 radical (unpaired) electrons. The maximum Gasteiger partial charge on any atom is 0.274 e.